The van der Waals surface area contributed by atoms with Crippen LogP contribution in [-0.4, -0.2) is 11.7 Å². The monoisotopic (exact) mass is 407 g/mol. The first-order chi connectivity index (χ1) is 14.4. The van der Waals surface area contributed by atoms with Crippen molar-refractivity contribution in [1.82, 2.24) is 4.57 Å². The van der Waals surface area contributed by atoms with Gasteiger partial charge in [0.2, 0.25) is 0 Å². The van der Waals surface area contributed by atoms with Crippen LogP contribution in [-0.2, 0) is 6.18 Å². The largest absolute Gasteiger partial charge is 0.497 e. The summed E-state index contributed by atoms with van der Waals surface area (Å²) in [6.07, 6.45) is -2.36. The van der Waals surface area contributed by atoms with Gasteiger partial charge in [0.25, 0.3) is 0 Å². The zero-order valence-electron chi connectivity index (χ0n) is 16.6. The molecule has 0 aliphatic rings. The fraction of sp³-hybridized carbons (Fsp3) is 0.120. The van der Waals surface area contributed by atoms with Crippen molar-refractivity contribution in [2.45, 2.75) is 13.1 Å². The first-order valence-corrected chi connectivity index (χ1v) is 9.48. The van der Waals surface area contributed by atoms with E-state index >= 15 is 0 Å². The number of rotatable bonds is 4. The topological polar surface area (TPSA) is 14.2 Å². The molecule has 4 rings (SSSR count). The van der Waals surface area contributed by atoms with Gasteiger partial charge in [-0.05, 0) is 60.0 Å². The maximum atomic E-state index is 13.1. The molecule has 0 N–H and O–H groups in total. The zero-order valence-corrected chi connectivity index (χ0v) is 16.6. The molecule has 0 radical (unpaired) electrons. The maximum Gasteiger partial charge on any atom is 0.416 e. The van der Waals surface area contributed by atoms with E-state index < -0.39 is 11.7 Å². The number of hydrogen-bond donors (Lipinski definition) is 0. The van der Waals surface area contributed by atoms with Crippen molar-refractivity contribution in [3.63, 3.8) is 0 Å². The number of benzene rings is 3. The van der Waals surface area contributed by atoms with Crippen molar-refractivity contribution in [2.24, 2.45) is 0 Å². The van der Waals surface area contributed by atoms with E-state index in [1.54, 1.807) is 7.11 Å². The van der Waals surface area contributed by atoms with Crippen LogP contribution in [0.4, 0.5) is 13.2 Å². The van der Waals surface area contributed by atoms with E-state index in [0.717, 1.165) is 46.0 Å². The Morgan fingerprint density at radius 2 is 1.40 bits per heavy atom. The molecule has 0 bridgehead atoms. The first-order valence-electron chi connectivity index (χ1n) is 9.48. The summed E-state index contributed by atoms with van der Waals surface area (Å²) in [6, 6.07) is 22.8. The van der Waals surface area contributed by atoms with Crippen molar-refractivity contribution in [1.29, 1.82) is 0 Å². The van der Waals surface area contributed by atoms with Crippen molar-refractivity contribution in [3.8, 4) is 33.8 Å². The van der Waals surface area contributed by atoms with Crippen LogP contribution in [0.5, 0.6) is 5.75 Å². The van der Waals surface area contributed by atoms with E-state index in [1.165, 1.54) is 12.1 Å². The van der Waals surface area contributed by atoms with Gasteiger partial charge in [0.05, 0.1) is 18.4 Å². The molecule has 0 atom stereocenters. The first kappa shape index (κ1) is 19.8. The Balaban J connectivity index is 1.93. The van der Waals surface area contributed by atoms with E-state index in [2.05, 4.69) is 0 Å². The lowest BCUT2D eigenvalue weighted by Gasteiger charge is -2.14. The molecule has 0 saturated heterocycles. The number of alkyl halides is 3. The molecule has 0 fully saturated rings. The third-order valence-electron chi connectivity index (χ3n) is 5.09. The Labute approximate surface area is 173 Å². The summed E-state index contributed by atoms with van der Waals surface area (Å²) in [4.78, 5) is 0. The van der Waals surface area contributed by atoms with E-state index in [0.29, 0.717) is 5.56 Å². The lowest BCUT2D eigenvalue weighted by molar-refractivity contribution is -0.137. The molecule has 0 aliphatic carbocycles. The zero-order chi connectivity index (χ0) is 21.3. The predicted octanol–water partition coefficient (Wildman–Crippen LogP) is 7.15. The Morgan fingerprint density at radius 3 is 1.97 bits per heavy atom. The van der Waals surface area contributed by atoms with Crippen molar-refractivity contribution in [3.05, 3.63) is 96.2 Å². The van der Waals surface area contributed by atoms with Gasteiger partial charge in [-0.25, -0.2) is 0 Å². The molecule has 152 valence electrons. The summed E-state index contributed by atoms with van der Waals surface area (Å²) in [5.74, 6) is 0.738. The molecule has 1 heterocycles. The molecule has 3 aromatic carbocycles. The molecule has 0 unspecified atom stereocenters. The van der Waals surface area contributed by atoms with Gasteiger partial charge in [-0.15, -0.1) is 0 Å². The highest BCUT2D eigenvalue weighted by Crippen LogP contribution is 2.39. The van der Waals surface area contributed by atoms with Crippen LogP contribution in [0.3, 0.4) is 0 Å². The van der Waals surface area contributed by atoms with Crippen LogP contribution in [0.25, 0.3) is 28.1 Å². The Morgan fingerprint density at radius 1 is 0.767 bits per heavy atom. The number of aromatic nitrogens is 1. The maximum absolute atomic E-state index is 13.1. The van der Waals surface area contributed by atoms with Crippen LogP contribution in [0.2, 0.25) is 0 Å². The highest BCUT2D eigenvalue weighted by atomic mass is 19.4. The molecule has 1 aromatic heterocycles. The molecular weight excluding hydrogens is 387 g/mol. The summed E-state index contributed by atoms with van der Waals surface area (Å²) in [6.45, 7) is 2.01. The summed E-state index contributed by atoms with van der Waals surface area (Å²) >= 11 is 0. The average Bonchev–Trinajstić information content (AvgIpc) is 3.11. The Bertz CT molecular complexity index is 1140. The molecule has 0 spiro atoms. The summed E-state index contributed by atoms with van der Waals surface area (Å²) in [5.41, 5.74) is 4.83. The van der Waals surface area contributed by atoms with Gasteiger partial charge < -0.3 is 9.30 Å². The van der Waals surface area contributed by atoms with Gasteiger partial charge in [-0.2, -0.15) is 13.2 Å². The van der Waals surface area contributed by atoms with Gasteiger partial charge in [-0.3, -0.25) is 0 Å². The number of nitrogens with zero attached hydrogens (tertiary/aromatic N) is 1. The van der Waals surface area contributed by atoms with E-state index in [4.69, 9.17) is 4.74 Å². The minimum Gasteiger partial charge on any atom is -0.497 e. The molecule has 2 nitrogen and oxygen atoms in total. The predicted molar refractivity (Wildman–Crippen MR) is 113 cm³/mol. The summed E-state index contributed by atoms with van der Waals surface area (Å²) in [5, 5.41) is 0. The minimum atomic E-state index is -4.37. The fourth-order valence-electron chi connectivity index (χ4n) is 3.65. The van der Waals surface area contributed by atoms with Crippen LogP contribution in [0, 0.1) is 6.92 Å². The van der Waals surface area contributed by atoms with Crippen LogP contribution in [0.1, 0.15) is 11.1 Å². The summed E-state index contributed by atoms with van der Waals surface area (Å²) in [7, 11) is 1.61. The SMILES string of the molecule is COc1ccc(-n2cc(C)c(-c3ccccc3)c2-c2ccc(C(F)(F)F)cc2)cc1. The fourth-order valence-corrected chi connectivity index (χ4v) is 3.65. The third-order valence-corrected chi connectivity index (χ3v) is 5.09. The van der Waals surface area contributed by atoms with Crippen molar-refractivity contribution < 1.29 is 17.9 Å². The highest BCUT2D eigenvalue weighted by Gasteiger charge is 2.30. The highest BCUT2D eigenvalue weighted by molar-refractivity contribution is 5.85. The molecule has 0 aliphatic heterocycles. The Hall–Kier alpha value is -3.47. The van der Waals surface area contributed by atoms with E-state index in [-0.39, 0.29) is 0 Å². The number of hydrogen-bond acceptors (Lipinski definition) is 1. The second-order valence-corrected chi connectivity index (χ2v) is 7.04. The standard InChI is InChI=1S/C25H20F3NO/c1-17-16-29(21-12-14-22(30-2)15-13-21)24(23(17)18-6-4-3-5-7-18)19-8-10-20(11-9-19)25(26,27)28/h3-16H,1-2H3. The van der Waals surface area contributed by atoms with E-state index in [9.17, 15) is 13.2 Å². The second-order valence-electron chi connectivity index (χ2n) is 7.04. The Kier molecular flexibility index (Phi) is 5.12. The molecule has 4 aromatic rings. The van der Waals surface area contributed by atoms with Gasteiger partial charge in [0.1, 0.15) is 5.75 Å². The van der Waals surface area contributed by atoms with Crippen molar-refractivity contribution >= 4 is 0 Å². The molecular formula is C25H20F3NO. The van der Waals surface area contributed by atoms with Crippen molar-refractivity contribution in [2.75, 3.05) is 7.11 Å². The molecule has 30 heavy (non-hydrogen) atoms. The normalized spacial score (nSPS) is 11.5. The number of ether oxygens (including phenoxy) is 1. The van der Waals surface area contributed by atoms with Crippen LogP contribution >= 0.6 is 0 Å². The van der Waals surface area contributed by atoms with Gasteiger partial charge in [-0.1, -0.05) is 42.5 Å². The smallest absolute Gasteiger partial charge is 0.416 e. The third kappa shape index (κ3) is 3.71. The molecule has 0 amide bonds. The lowest BCUT2D eigenvalue weighted by Crippen LogP contribution is -2.04. The lowest BCUT2D eigenvalue weighted by atomic mass is 9.97. The minimum absolute atomic E-state index is 0.660. The van der Waals surface area contributed by atoms with E-state index in [1.807, 2.05) is 72.3 Å². The van der Waals surface area contributed by atoms with Crippen LogP contribution < -0.4 is 4.74 Å². The number of methoxy groups -OCH3 is 1. The number of aryl methyl sites for hydroxylation is 1. The summed E-state index contributed by atoms with van der Waals surface area (Å²) < 4.78 is 46.5. The number of halogens is 3. The quantitative estimate of drug-likeness (QED) is 0.350. The second kappa shape index (κ2) is 7.75. The van der Waals surface area contributed by atoms with Gasteiger partial charge in [0, 0.05) is 17.4 Å². The molecule has 0 saturated carbocycles. The van der Waals surface area contributed by atoms with Gasteiger partial charge >= 0.3 is 6.18 Å². The van der Waals surface area contributed by atoms with Gasteiger partial charge in [0.15, 0.2) is 0 Å². The average molecular weight is 407 g/mol. The van der Waals surface area contributed by atoms with Crippen LogP contribution in [0.15, 0.2) is 85.1 Å². The molecule has 5 heteroatoms.